The number of benzene rings is 1. The number of carbonyl (C=O) groups excluding carboxylic acids is 1. The zero-order chi connectivity index (χ0) is 13.1. The fourth-order valence-corrected chi connectivity index (χ4v) is 3.20. The van der Waals surface area contributed by atoms with Crippen LogP contribution in [0.15, 0.2) is 23.1 Å². The number of fused-ring (bicyclic) bond motifs is 1. The maximum atomic E-state index is 11.6. The van der Waals surface area contributed by atoms with Crippen LogP contribution in [-0.2, 0) is 17.8 Å². The molecule has 3 nitrogen and oxygen atoms in total. The molecule has 1 N–H and O–H groups in total. The Hall–Kier alpha value is -1.00. The second kappa shape index (κ2) is 5.76. The first-order valence-corrected chi connectivity index (χ1v) is 7.24. The molecule has 98 valence electrons. The Balaban J connectivity index is 2.08. The van der Waals surface area contributed by atoms with E-state index in [-0.39, 0.29) is 5.91 Å². The van der Waals surface area contributed by atoms with Gasteiger partial charge in [-0.15, -0.1) is 11.8 Å². The summed E-state index contributed by atoms with van der Waals surface area (Å²) in [6, 6.07) is 6.41. The zero-order valence-corrected chi connectivity index (χ0v) is 11.7. The monoisotopic (exact) mass is 265 g/mol. The fourth-order valence-electron chi connectivity index (χ4n) is 2.18. The van der Waals surface area contributed by atoms with E-state index < -0.39 is 6.10 Å². The van der Waals surface area contributed by atoms with E-state index in [9.17, 15) is 9.90 Å². The number of hydrogen-bond donors (Lipinski definition) is 1. The number of aliphatic hydroxyl groups is 1. The average Bonchev–Trinajstić information content (AvgIpc) is 2.37. The summed E-state index contributed by atoms with van der Waals surface area (Å²) in [5, 5.41) is 9.27. The Kier molecular flexibility index (Phi) is 4.30. The summed E-state index contributed by atoms with van der Waals surface area (Å²) in [5.74, 6) is 0.967. The molecule has 0 aromatic heterocycles. The molecule has 2 rings (SSSR count). The summed E-state index contributed by atoms with van der Waals surface area (Å²) in [6.45, 7) is 2.06. The van der Waals surface area contributed by atoms with E-state index in [2.05, 4.69) is 18.2 Å². The van der Waals surface area contributed by atoms with Crippen molar-refractivity contribution in [1.29, 1.82) is 0 Å². The molecule has 1 unspecified atom stereocenters. The third-order valence-corrected chi connectivity index (χ3v) is 4.33. The molecule has 0 saturated heterocycles. The van der Waals surface area contributed by atoms with Crippen LogP contribution in [0.2, 0.25) is 0 Å². The highest BCUT2D eigenvalue weighted by atomic mass is 32.2. The highest BCUT2D eigenvalue weighted by Crippen LogP contribution is 2.30. The predicted molar refractivity (Wildman–Crippen MR) is 73.6 cm³/mol. The molecule has 4 heteroatoms. The maximum Gasteiger partial charge on any atom is 0.251 e. The first-order valence-electron chi connectivity index (χ1n) is 6.25. The summed E-state index contributed by atoms with van der Waals surface area (Å²) >= 11 is 1.91. The van der Waals surface area contributed by atoms with Gasteiger partial charge in [-0.3, -0.25) is 4.79 Å². The van der Waals surface area contributed by atoms with Crippen molar-refractivity contribution in [2.24, 2.45) is 0 Å². The first-order chi connectivity index (χ1) is 8.58. The van der Waals surface area contributed by atoms with E-state index >= 15 is 0 Å². The van der Waals surface area contributed by atoms with E-state index in [1.807, 2.05) is 11.8 Å². The highest BCUT2D eigenvalue weighted by molar-refractivity contribution is 7.99. The third kappa shape index (κ3) is 3.06. The quantitative estimate of drug-likeness (QED) is 0.909. The van der Waals surface area contributed by atoms with E-state index in [0.717, 1.165) is 12.0 Å². The Morgan fingerprint density at radius 2 is 2.33 bits per heavy atom. The minimum Gasteiger partial charge on any atom is -0.384 e. The van der Waals surface area contributed by atoms with Gasteiger partial charge in [0.2, 0.25) is 0 Å². The molecule has 0 saturated carbocycles. The van der Waals surface area contributed by atoms with Crippen LogP contribution in [0.25, 0.3) is 0 Å². The number of aliphatic hydroxyl groups excluding tert-OH is 1. The van der Waals surface area contributed by atoms with Gasteiger partial charge in [0.1, 0.15) is 6.10 Å². The van der Waals surface area contributed by atoms with Crippen LogP contribution in [0.3, 0.4) is 0 Å². The van der Waals surface area contributed by atoms with Crippen molar-refractivity contribution in [3.05, 3.63) is 29.3 Å². The van der Waals surface area contributed by atoms with Gasteiger partial charge in [-0.05, 0) is 42.7 Å². The topological polar surface area (TPSA) is 40.5 Å². The van der Waals surface area contributed by atoms with Crippen molar-refractivity contribution in [2.75, 3.05) is 12.8 Å². The van der Waals surface area contributed by atoms with Crippen LogP contribution < -0.4 is 0 Å². The highest BCUT2D eigenvalue weighted by Gasteiger charge is 2.16. The summed E-state index contributed by atoms with van der Waals surface area (Å²) in [6.07, 6.45) is 1.43. The Morgan fingerprint density at radius 1 is 1.56 bits per heavy atom. The summed E-state index contributed by atoms with van der Waals surface area (Å²) in [4.78, 5) is 14.5. The van der Waals surface area contributed by atoms with Crippen LogP contribution in [-0.4, -0.2) is 34.8 Å². The molecule has 18 heavy (non-hydrogen) atoms. The van der Waals surface area contributed by atoms with Crippen molar-refractivity contribution in [1.82, 2.24) is 4.90 Å². The largest absolute Gasteiger partial charge is 0.384 e. The van der Waals surface area contributed by atoms with Gasteiger partial charge in [0.15, 0.2) is 0 Å². The third-order valence-electron chi connectivity index (χ3n) is 3.13. The molecule has 0 radical (unpaired) electrons. The van der Waals surface area contributed by atoms with Crippen LogP contribution in [0.4, 0.5) is 0 Å². The van der Waals surface area contributed by atoms with Crippen LogP contribution in [0.1, 0.15) is 24.5 Å². The van der Waals surface area contributed by atoms with Crippen LogP contribution >= 0.6 is 11.8 Å². The maximum absolute atomic E-state index is 11.6. The Morgan fingerprint density at radius 3 is 3.06 bits per heavy atom. The molecule has 1 amide bonds. The van der Waals surface area contributed by atoms with Gasteiger partial charge in [-0.2, -0.15) is 0 Å². The minimum absolute atomic E-state index is 0.234. The molecule has 1 aliphatic rings. The standard InChI is InChI=1S/C14H19NO2S/c1-10(16)14(17)15(2)9-11-5-6-13-12(8-11)4-3-7-18-13/h5-6,8,10,16H,3-4,7,9H2,1-2H3. The van der Waals surface area contributed by atoms with E-state index in [1.54, 1.807) is 11.9 Å². The lowest BCUT2D eigenvalue weighted by Crippen LogP contribution is -2.34. The molecule has 0 spiro atoms. The van der Waals surface area contributed by atoms with E-state index in [4.69, 9.17) is 0 Å². The number of thioether (sulfide) groups is 1. The summed E-state index contributed by atoms with van der Waals surface area (Å²) in [7, 11) is 1.73. The van der Waals surface area contributed by atoms with Gasteiger partial charge in [0.25, 0.3) is 5.91 Å². The van der Waals surface area contributed by atoms with Gasteiger partial charge in [0, 0.05) is 18.5 Å². The molecular weight excluding hydrogens is 246 g/mol. The van der Waals surface area contributed by atoms with Crippen molar-refractivity contribution >= 4 is 17.7 Å². The SMILES string of the molecule is CC(O)C(=O)N(C)Cc1ccc2c(c1)CCCS2. The number of amides is 1. The molecule has 0 aliphatic carbocycles. The lowest BCUT2D eigenvalue weighted by atomic mass is 10.1. The van der Waals surface area contributed by atoms with Crippen molar-refractivity contribution in [2.45, 2.75) is 37.3 Å². The van der Waals surface area contributed by atoms with E-state index in [0.29, 0.717) is 6.54 Å². The molecule has 1 atom stereocenters. The van der Waals surface area contributed by atoms with Crippen molar-refractivity contribution in [3.63, 3.8) is 0 Å². The number of carbonyl (C=O) groups is 1. The molecule has 1 heterocycles. The lowest BCUT2D eigenvalue weighted by molar-refractivity contribution is -0.138. The fraction of sp³-hybridized carbons (Fsp3) is 0.500. The number of likely N-dealkylation sites (N-methyl/N-ethyl adjacent to an activating group) is 1. The first kappa shape index (κ1) is 13.4. The van der Waals surface area contributed by atoms with Crippen molar-refractivity contribution < 1.29 is 9.90 Å². The van der Waals surface area contributed by atoms with Crippen LogP contribution in [0, 0.1) is 0 Å². The molecule has 1 aliphatic heterocycles. The number of rotatable bonds is 3. The Labute approximate surface area is 112 Å². The Bertz CT molecular complexity index is 445. The van der Waals surface area contributed by atoms with Crippen LogP contribution in [0.5, 0.6) is 0 Å². The zero-order valence-electron chi connectivity index (χ0n) is 10.8. The molecule has 0 bridgehead atoms. The lowest BCUT2D eigenvalue weighted by Gasteiger charge is -2.21. The second-order valence-electron chi connectivity index (χ2n) is 4.76. The average molecular weight is 265 g/mol. The normalized spacial score (nSPS) is 15.9. The summed E-state index contributed by atoms with van der Waals surface area (Å²) < 4.78 is 0. The van der Waals surface area contributed by atoms with E-state index in [1.165, 1.54) is 29.6 Å². The van der Waals surface area contributed by atoms with Gasteiger partial charge in [-0.1, -0.05) is 12.1 Å². The number of aryl methyl sites for hydroxylation is 1. The van der Waals surface area contributed by atoms with Gasteiger partial charge < -0.3 is 10.0 Å². The molecule has 1 aromatic rings. The predicted octanol–water partition coefficient (Wildman–Crippen LogP) is 2.06. The molecule has 1 aromatic carbocycles. The smallest absolute Gasteiger partial charge is 0.251 e. The number of hydrogen-bond acceptors (Lipinski definition) is 3. The minimum atomic E-state index is -0.928. The molecule has 0 fully saturated rings. The number of nitrogens with zero attached hydrogens (tertiary/aromatic N) is 1. The van der Waals surface area contributed by atoms with Crippen molar-refractivity contribution in [3.8, 4) is 0 Å². The summed E-state index contributed by atoms with van der Waals surface area (Å²) in [5.41, 5.74) is 2.52. The second-order valence-corrected chi connectivity index (χ2v) is 5.90. The van der Waals surface area contributed by atoms with Gasteiger partial charge in [0.05, 0.1) is 0 Å². The van der Waals surface area contributed by atoms with Gasteiger partial charge in [-0.25, -0.2) is 0 Å². The molecular formula is C14H19NO2S. The van der Waals surface area contributed by atoms with Gasteiger partial charge >= 0.3 is 0 Å².